The number of aliphatic hydroxyl groups is 5. The maximum absolute atomic E-state index is 11.5. The smallest absolute Gasteiger partial charge is 0.790 e. The summed E-state index contributed by atoms with van der Waals surface area (Å²) in [5.41, 5.74) is 0. The minimum absolute atomic E-state index is 0. The van der Waals surface area contributed by atoms with Crippen LogP contribution >= 0.6 is 15.6 Å². The summed E-state index contributed by atoms with van der Waals surface area (Å²) in [4.78, 5) is 45.8. The van der Waals surface area contributed by atoms with Crippen LogP contribution in [0.2, 0.25) is 25.7 Å². The van der Waals surface area contributed by atoms with E-state index in [2.05, 4.69) is 9.05 Å². The van der Waals surface area contributed by atoms with Crippen molar-refractivity contribution in [3.8, 4) is 0 Å². The zero-order valence-corrected chi connectivity index (χ0v) is 34.9. The molecule has 2 saturated heterocycles. The van der Waals surface area contributed by atoms with Crippen molar-refractivity contribution in [2.75, 3.05) is 19.8 Å². The Morgan fingerprint density at radius 3 is 1.61 bits per heavy atom. The first kappa shape index (κ1) is 49.5. The molecule has 0 aromatic carbocycles. The minimum Gasteiger partial charge on any atom is -0.790 e. The third-order valence-electron chi connectivity index (χ3n) is 5.55. The molecule has 2 heterocycles. The van der Waals surface area contributed by atoms with Crippen LogP contribution in [0.3, 0.4) is 0 Å². The topological polar surface area (TPSA) is 283 Å². The molecule has 5 N–H and O–H groups in total. The molecule has 0 spiro atoms. The van der Waals surface area contributed by atoms with E-state index in [9.17, 15) is 54.2 Å². The molecule has 0 unspecified atom stereocenters. The Morgan fingerprint density at radius 2 is 1.17 bits per heavy atom. The van der Waals surface area contributed by atoms with Crippen molar-refractivity contribution in [3.63, 3.8) is 0 Å². The van der Waals surface area contributed by atoms with Gasteiger partial charge in [0.2, 0.25) is 0 Å². The summed E-state index contributed by atoms with van der Waals surface area (Å²) in [6.45, 7) is 4.06. The standard InChI is InChI=1S/C17H36O17P2Si.4Na/c1-37(2,3)5-4-29-17-15(32-16-12(22)11(21)10(20)8(6-18)30-16)14(34-36(26,27)28)13(9(7-19)31-17)33-35(23,24)25;;;;/h8-22H,4-7H2,1-3H3,(H2,23,24,25)(H2,26,27,28);;;;/q;4*+1/p-4/t8-,9-,10+,11+,12-,13+,14+,15-,16+,17-;;;;/m1..../s1. The zero-order valence-electron chi connectivity index (χ0n) is 24.1. The molecule has 17 nitrogen and oxygen atoms in total. The molecule has 2 aliphatic rings. The van der Waals surface area contributed by atoms with Crippen LogP contribution in [0.4, 0.5) is 0 Å². The van der Waals surface area contributed by atoms with E-state index < -0.39 is 98.3 Å². The van der Waals surface area contributed by atoms with E-state index in [4.69, 9.17) is 18.9 Å². The van der Waals surface area contributed by atoms with Gasteiger partial charge in [0, 0.05) is 14.7 Å². The van der Waals surface area contributed by atoms with Gasteiger partial charge in [-0.3, -0.25) is 0 Å². The van der Waals surface area contributed by atoms with Crippen LogP contribution in [-0.2, 0) is 37.1 Å². The molecule has 2 rings (SSSR count). The van der Waals surface area contributed by atoms with Crippen LogP contribution in [0.25, 0.3) is 0 Å². The molecule has 2 aliphatic heterocycles. The van der Waals surface area contributed by atoms with Gasteiger partial charge >= 0.3 is 118 Å². The van der Waals surface area contributed by atoms with Gasteiger partial charge < -0.3 is 82.2 Å². The van der Waals surface area contributed by atoms with Crippen molar-refractivity contribution in [2.24, 2.45) is 0 Å². The maximum Gasteiger partial charge on any atom is 1.00 e. The second-order valence-electron chi connectivity index (χ2n) is 9.74. The molecule has 24 heteroatoms. The molecule has 10 atom stereocenters. The van der Waals surface area contributed by atoms with Crippen LogP contribution in [0.1, 0.15) is 0 Å². The predicted octanol–water partition coefficient (Wildman–Crippen LogP) is -17.3. The van der Waals surface area contributed by atoms with Gasteiger partial charge in [-0.05, 0) is 6.04 Å². The first-order valence-corrected chi connectivity index (χ1v) is 17.7. The van der Waals surface area contributed by atoms with Gasteiger partial charge in [0.1, 0.15) is 48.8 Å². The molecular formula is C17H32Na4O17P2Si. The van der Waals surface area contributed by atoms with E-state index in [0.717, 1.165) is 0 Å². The Labute approximate surface area is 327 Å². The number of phosphoric acid groups is 2. The van der Waals surface area contributed by atoms with Gasteiger partial charge in [0.25, 0.3) is 0 Å². The summed E-state index contributed by atoms with van der Waals surface area (Å²) in [6, 6.07) is 0.521. The molecule has 0 radical (unpaired) electrons. The average Bonchev–Trinajstić information content (AvgIpc) is 2.74. The number of hydrogen-bond donors (Lipinski definition) is 5. The van der Waals surface area contributed by atoms with E-state index in [1.54, 1.807) is 0 Å². The van der Waals surface area contributed by atoms with Crippen LogP contribution in [0, 0.1) is 0 Å². The number of hydrogen-bond acceptors (Lipinski definition) is 17. The Bertz CT molecular complexity index is 833. The van der Waals surface area contributed by atoms with Gasteiger partial charge in [-0.15, -0.1) is 0 Å². The number of rotatable bonds is 12. The number of aliphatic hydroxyl groups excluding tert-OH is 5. The van der Waals surface area contributed by atoms with Crippen molar-refractivity contribution in [2.45, 2.75) is 87.1 Å². The second kappa shape index (κ2) is 21.2. The van der Waals surface area contributed by atoms with Gasteiger partial charge in [0.15, 0.2) is 12.6 Å². The Kier molecular flexibility index (Phi) is 25.6. The Hall–Kier alpha value is 4.08. The average molecular weight is 690 g/mol. The van der Waals surface area contributed by atoms with E-state index in [0.29, 0.717) is 6.04 Å². The quantitative estimate of drug-likeness (QED) is 0.0939. The van der Waals surface area contributed by atoms with Gasteiger partial charge in [-0.25, -0.2) is 0 Å². The first-order valence-electron chi connectivity index (χ1n) is 11.1. The van der Waals surface area contributed by atoms with Crippen LogP contribution in [0.15, 0.2) is 0 Å². The van der Waals surface area contributed by atoms with Gasteiger partial charge in [-0.2, -0.15) is 0 Å². The monoisotopic (exact) mass is 690 g/mol. The normalized spacial score (nSPS) is 34.3. The molecule has 2 fully saturated rings. The zero-order chi connectivity index (χ0) is 28.3. The molecule has 41 heavy (non-hydrogen) atoms. The third-order valence-corrected chi connectivity index (χ3v) is 8.25. The summed E-state index contributed by atoms with van der Waals surface area (Å²) >= 11 is 0. The van der Waals surface area contributed by atoms with Gasteiger partial charge in [0.05, 0.1) is 28.9 Å². The summed E-state index contributed by atoms with van der Waals surface area (Å²) in [6.07, 6.45) is -19.2. The van der Waals surface area contributed by atoms with Crippen LogP contribution in [0.5, 0.6) is 0 Å². The fourth-order valence-corrected chi connectivity index (χ4v) is 5.49. The second-order valence-corrected chi connectivity index (χ2v) is 17.6. The van der Waals surface area contributed by atoms with E-state index in [-0.39, 0.29) is 125 Å². The SMILES string of the molecule is C[Si](C)(C)CCO[C@@H]1O[C@H](CO)[C@H](OP(=O)([O-])[O-])[C@H](OP(=O)([O-])[O-])[C@H]1O[C@@H]1O[C@H](CO)[C@H](O)[C@H](O)[C@H]1O.[Na+].[Na+].[Na+].[Na+]. The minimum atomic E-state index is -5.97. The molecule has 0 amide bonds. The molecule has 220 valence electrons. The van der Waals surface area contributed by atoms with Crippen molar-refractivity contribution >= 4 is 23.7 Å². The van der Waals surface area contributed by atoms with Crippen molar-refractivity contribution in [1.82, 2.24) is 0 Å². The molecule has 0 aromatic rings. The van der Waals surface area contributed by atoms with Crippen LogP contribution in [-0.4, -0.2) is 115 Å². The molecule has 0 aliphatic carbocycles. The van der Waals surface area contributed by atoms with E-state index in [1.165, 1.54) is 0 Å². The van der Waals surface area contributed by atoms with Gasteiger partial charge in [-0.1, -0.05) is 19.6 Å². The molecule has 0 saturated carbocycles. The summed E-state index contributed by atoms with van der Waals surface area (Å²) < 4.78 is 53.6. The van der Waals surface area contributed by atoms with Crippen LogP contribution < -0.4 is 138 Å². The molecular weight excluding hydrogens is 658 g/mol. The fraction of sp³-hybridized carbons (Fsp3) is 1.00. The molecule has 0 aromatic heterocycles. The Morgan fingerprint density at radius 1 is 0.707 bits per heavy atom. The summed E-state index contributed by atoms with van der Waals surface area (Å²) in [7, 11) is -13.6. The third kappa shape index (κ3) is 16.4. The van der Waals surface area contributed by atoms with Crippen molar-refractivity contribution in [3.05, 3.63) is 0 Å². The number of ether oxygens (including phenoxy) is 4. The Balaban J connectivity index is -0.00000361. The fourth-order valence-electron chi connectivity index (χ4n) is 3.67. The summed E-state index contributed by atoms with van der Waals surface area (Å²) in [5.74, 6) is 0. The van der Waals surface area contributed by atoms with Crippen molar-refractivity contribution in [1.29, 1.82) is 0 Å². The predicted molar refractivity (Wildman–Crippen MR) is 113 cm³/mol. The van der Waals surface area contributed by atoms with E-state index in [1.807, 2.05) is 19.6 Å². The largest absolute Gasteiger partial charge is 1.00 e. The maximum atomic E-state index is 11.5. The van der Waals surface area contributed by atoms with E-state index >= 15 is 0 Å². The first-order chi connectivity index (χ1) is 16.9. The number of phosphoric ester groups is 2. The summed E-state index contributed by atoms with van der Waals surface area (Å²) in [5, 5.41) is 49.5. The van der Waals surface area contributed by atoms with Crippen molar-refractivity contribution < 1.29 is 200 Å². The molecule has 0 bridgehead atoms.